The zero-order valence-corrected chi connectivity index (χ0v) is 12.2. The summed E-state index contributed by atoms with van der Waals surface area (Å²) in [5, 5.41) is 9.36. The minimum absolute atomic E-state index is 0.113. The smallest absolute Gasteiger partial charge is 0.278 e. The van der Waals surface area contributed by atoms with Gasteiger partial charge in [-0.25, -0.2) is 25.2 Å². The fourth-order valence-corrected chi connectivity index (χ4v) is 3.28. The van der Waals surface area contributed by atoms with Crippen LogP contribution in [0, 0.1) is 11.3 Å². The summed E-state index contributed by atoms with van der Waals surface area (Å²) in [6.07, 6.45) is 2.73. The third-order valence-electron chi connectivity index (χ3n) is 3.25. The van der Waals surface area contributed by atoms with E-state index >= 15 is 0 Å². The fraction of sp³-hybridized carbons (Fsp3) is 0. The van der Waals surface area contributed by atoms with Gasteiger partial charge >= 0.3 is 0 Å². The zero-order chi connectivity index (χ0) is 16.0. The maximum atomic E-state index is 12.7. The van der Waals surface area contributed by atoms with E-state index in [0.29, 0.717) is 26.9 Å². The third-order valence-corrected chi connectivity index (χ3v) is 4.28. The fourth-order valence-electron chi connectivity index (χ4n) is 2.26. The lowest BCUT2D eigenvalue weighted by Crippen LogP contribution is -2.18. The maximum Gasteiger partial charge on any atom is 0.278 e. The second-order valence-electron chi connectivity index (χ2n) is 4.47. The maximum absolute atomic E-state index is 12.7. The molecule has 0 amide bonds. The van der Waals surface area contributed by atoms with E-state index in [0.717, 1.165) is 0 Å². The van der Waals surface area contributed by atoms with Gasteiger partial charge in [-0.1, -0.05) is 11.3 Å². The molecule has 0 atom stereocenters. The lowest BCUT2D eigenvalue weighted by Gasteiger charge is -2.01. The Hall–Kier alpha value is -3.29. The van der Waals surface area contributed by atoms with Gasteiger partial charge in [-0.2, -0.15) is 5.26 Å². The molecule has 23 heavy (non-hydrogen) atoms. The van der Waals surface area contributed by atoms with Gasteiger partial charge in [0.25, 0.3) is 5.56 Å². The number of thiazole rings is 1. The number of rotatable bonds is 2. The number of aromatic nitrogens is 4. The van der Waals surface area contributed by atoms with Gasteiger partial charge in [-0.05, 0) is 12.1 Å². The van der Waals surface area contributed by atoms with Crippen molar-refractivity contribution < 1.29 is 4.42 Å². The molecule has 0 aliphatic carbocycles. The van der Waals surface area contributed by atoms with Crippen molar-refractivity contribution in [3.63, 3.8) is 0 Å². The molecule has 10 heteroatoms. The molecule has 0 radical (unpaired) electrons. The Balaban J connectivity index is 2.20. The Morgan fingerprint density at radius 2 is 2.30 bits per heavy atom. The van der Waals surface area contributed by atoms with Crippen LogP contribution in [-0.2, 0) is 0 Å². The molecule has 0 saturated heterocycles. The van der Waals surface area contributed by atoms with Gasteiger partial charge in [0.15, 0.2) is 22.2 Å². The predicted molar refractivity (Wildman–Crippen MR) is 82.7 cm³/mol. The topological polar surface area (TPSA) is 135 Å². The standard InChI is InChI=1S/C13H7N7O2S/c14-4-6-8(7-2-1-3-22-7)18-13-20(12(6)21)11-9(23-13)10(19-15)16-5-17-11/h1-3,5H,15H2,(H,16,17,19). The van der Waals surface area contributed by atoms with E-state index in [9.17, 15) is 10.1 Å². The predicted octanol–water partition coefficient (Wildman–Crippen LogP) is 1.12. The molecular formula is C13H7N7O2S. The summed E-state index contributed by atoms with van der Waals surface area (Å²) in [4.78, 5) is 25.6. The molecule has 4 aromatic rings. The lowest BCUT2D eigenvalue weighted by molar-refractivity contribution is 0.579. The van der Waals surface area contributed by atoms with Gasteiger partial charge in [0.1, 0.15) is 28.4 Å². The van der Waals surface area contributed by atoms with E-state index in [4.69, 9.17) is 10.3 Å². The number of hydrogen-bond donors (Lipinski definition) is 2. The Morgan fingerprint density at radius 3 is 3.00 bits per heavy atom. The number of nitrogens with zero attached hydrogens (tertiary/aromatic N) is 5. The number of nitrogens with one attached hydrogen (secondary N) is 1. The van der Waals surface area contributed by atoms with E-state index < -0.39 is 5.56 Å². The molecule has 0 spiro atoms. The van der Waals surface area contributed by atoms with Gasteiger partial charge in [0.05, 0.1) is 6.26 Å². The number of fused-ring (bicyclic) bond motifs is 3. The highest BCUT2D eigenvalue weighted by Gasteiger charge is 2.20. The van der Waals surface area contributed by atoms with Crippen LogP contribution in [0.25, 0.3) is 26.8 Å². The summed E-state index contributed by atoms with van der Waals surface area (Å²) >= 11 is 1.19. The molecule has 0 aliphatic rings. The van der Waals surface area contributed by atoms with E-state index in [1.54, 1.807) is 12.1 Å². The van der Waals surface area contributed by atoms with Crippen LogP contribution in [-0.4, -0.2) is 19.4 Å². The number of hydrazine groups is 1. The summed E-state index contributed by atoms with van der Waals surface area (Å²) in [5.74, 6) is 6.16. The number of hydrogen-bond acceptors (Lipinski definition) is 9. The van der Waals surface area contributed by atoms with E-state index in [-0.39, 0.29) is 11.3 Å². The van der Waals surface area contributed by atoms with Gasteiger partial charge in [-0.3, -0.25) is 4.79 Å². The van der Waals surface area contributed by atoms with Gasteiger partial charge in [0.2, 0.25) is 0 Å². The molecule has 4 rings (SSSR count). The first-order valence-electron chi connectivity index (χ1n) is 6.35. The average molecular weight is 325 g/mol. The van der Waals surface area contributed by atoms with Crippen molar-refractivity contribution in [2.24, 2.45) is 5.84 Å². The molecule has 0 saturated carbocycles. The van der Waals surface area contributed by atoms with Crippen LogP contribution in [0.4, 0.5) is 5.82 Å². The minimum atomic E-state index is -0.517. The molecule has 4 aromatic heterocycles. The van der Waals surface area contributed by atoms with Crippen LogP contribution in [0.15, 0.2) is 33.9 Å². The first-order chi connectivity index (χ1) is 11.2. The molecule has 0 unspecified atom stereocenters. The summed E-state index contributed by atoms with van der Waals surface area (Å²) < 4.78 is 7.11. The molecule has 4 heterocycles. The Bertz CT molecular complexity index is 1140. The van der Waals surface area contributed by atoms with Crippen LogP contribution >= 0.6 is 11.3 Å². The summed E-state index contributed by atoms with van der Waals surface area (Å²) in [6, 6.07) is 5.19. The Labute approximate surface area is 131 Å². The molecule has 0 aromatic carbocycles. The van der Waals surface area contributed by atoms with Crippen molar-refractivity contribution in [3.05, 3.63) is 40.6 Å². The number of nitrogen functional groups attached to an aromatic ring is 1. The van der Waals surface area contributed by atoms with E-state index in [1.807, 2.05) is 6.07 Å². The van der Waals surface area contributed by atoms with Gasteiger partial charge in [0, 0.05) is 0 Å². The van der Waals surface area contributed by atoms with E-state index in [2.05, 4.69) is 20.4 Å². The molecule has 112 valence electrons. The highest BCUT2D eigenvalue weighted by molar-refractivity contribution is 7.24. The Morgan fingerprint density at radius 1 is 1.43 bits per heavy atom. The van der Waals surface area contributed by atoms with Crippen molar-refractivity contribution in [1.29, 1.82) is 5.26 Å². The van der Waals surface area contributed by atoms with Gasteiger partial charge in [-0.15, -0.1) is 0 Å². The summed E-state index contributed by atoms with van der Waals surface area (Å²) in [5.41, 5.74) is 2.36. The second-order valence-corrected chi connectivity index (χ2v) is 5.45. The third kappa shape index (κ3) is 1.81. The first-order valence-corrected chi connectivity index (χ1v) is 7.17. The monoisotopic (exact) mass is 325 g/mol. The largest absolute Gasteiger partial charge is 0.463 e. The average Bonchev–Trinajstić information content (AvgIpc) is 3.21. The number of anilines is 1. The van der Waals surface area contributed by atoms with E-state index in [1.165, 1.54) is 28.3 Å². The summed E-state index contributed by atoms with van der Waals surface area (Å²) in [6.45, 7) is 0. The number of nitrogens with two attached hydrogens (primary N) is 1. The highest BCUT2D eigenvalue weighted by Crippen LogP contribution is 2.29. The number of furan rings is 1. The highest BCUT2D eigenvalue weighted by atomic mass is 32.1. The van der Waals surface area contributed by atoms with Crippen molar-refractivity contribution in [3.8, 4) is 17.5 Å². The minimum Gasteiger partial charge on any atom is -0.463 e. The molecule has 0 fully saturated rings. The second kappa shape index (κ2) is 4.87. The molecule has 0 bridgehead atoms. The van der Waals surface area contributed by atoms with Crippen LogP contribution in [0.5, 0.6) is 0 Å². The van der Waals surface area contributed by atoms with Crippen molar-refractivity contribution in [1.82, 2.24) is 19.4 Å². The van der Waals surface area contributed by atoms with Crippen molar-refractivity contribution in [2.75, 3.05) is 5.43 Å². The lowest BCUT2D eigenvalue weighted by atomic mass is 10.2. The molecule has 9 nitrogen and oxygen atoms in total. The SMILES string of the molecule is N#Cc1c(-c2ccco2)nc2sc3c(NN)ncnc3n2c1=O. The van der Waals surface area contributed by atoms with Crippen molar-refractivity contribution in [2.45, 2.75) is 0 Å². The van der Waals surface area contributed by atoms with Crippen LogP contribution < -0.4 is 16.8 Å². The first kappa shape index (κ1) is 13.4. The van der Waals surface area contributed by atoms with Crippen molar-refractivity contribution >= 4 is 32.5 Å². The normalized spacial score (nSPS) is 11.0. The zero-order valence-electron chi connectivity index (χ0n) is 11.3. The molecule has 0 aliphatic heterocycles. The van der Waals surface area contributed by atoms with Gasteiger partial charge < -0.3 is 9.84 Å². The van der Waals surface area contributed by atoms with Crippen LogP contribution in [0.3, 0.4) is 0 Å². The summed E-state index contributed by atoms with van der Waals surface area (Å²) in [7, 11) is 0. The Kier molecular flexibility index (Phi) is 2.83. The van der Waals surface area contributed by atoms with Crippen LogP contribution in [0.1, 0.15) is 5.56 Å². The van der Waals surface area contributed by atoms with Crippen LogP contribution in [0.2, 0.25) is 0 Å². The number of nitriles is 1. The quantitative estimate of drug-likeness (QED) is 0.413. The molecular weight excluding hydrogens is 318 g/mol. The molecule has 3 N–H and O–H groups in total.